The van der Waals surface area contributed by atoms with Crippen LogP contribution in [0, 0.1) is 13.8 Å². The molecule has 1 N–H and O–H groups in total. The molecular weight excluding hydrogens is 330 g/mol. The molecule has 0 unspecified atom stereocenters. The lowest BCUT2D eigenvalue weighted by molar-refractivity contribution is 0.317. The van der Waals surface area contributed by atoms with Gasteiger partial charge in [0.2, 0.25) is 10.0 Å². The Labute approximate surface area is 124 Å². The predicted molar refractivity (Wildman–Crippen MR) is 80.1 cm³/mol. The molecule has 0 aliphatic carbocycles. The van der Waals surface area contributed by atoms with Crippen molar-refractivity contribution in [2.24, 2.45) is 0 Å². The highest BCUT2D eigenvalue weighted by Gasteiger charge is 2.32. The Kier molecular flexibility index (Phi) is 6.01. The summed E-state index contributed by atoms with van der Waals surface area (Å²) in [6.07, 6.45) is 1.61. The Morgan fingerprint density at radius 3 is 2.26 bits per heavy atom. The Morgan fingerprint density at radius 1 is 1.32 bits per heavy atom. The van der Waals surface area contributed by atoms with Crippen LogP contribution in [-0.2, 0) is 10.0 Å². The van der Waals surface area contributed by atoms with Gasteiger partial charge in [0.1, 0.15) is 4.90 Å². The molecule has 1 aromatic heterocycles. The molecule has 5 nitrogen and oxygen atoms in total. The highest BCUT2D eigenvalue weighted by molar-refractivity contribution is 9.09. The molecule has 1 rings (SSSR count). The fraction of sp³-hybridized carbons (Fsp3) is 0.750. The van der Waals surface area contributed by atoms with Crippen molar-refractivity contribution in [3.05, 3.63) is 11.4 Å². The molecule has 0 saturated heterocycles. The number of H-pyrrole nitrogens is 1. The second-order valence-electron chi connectivity index (χ2n) is 4.54. The van der Waals surface area contributed by atoms with E-state index in [1.54, 1.807) is 18.2 Å². The van der Waals surface area contributed by atoms with Crippen LogP contribution in [-0.4, -0.2) is 40.8 Å². The molecule has 0 amide bonds. The Hall–Kier alpha value is -0.400. The molecule has 0 fully saturated rings. The van der Waals surface area contributed by atoms with Gasteiger partial charge in [0.15, 0.2) is 0 Å². The van der Waals surface area contributed by atoms with Crippen LogP contribution in [0.5, 0.6) is 0 Å². The number of hydrogen-bond acceptors (Lipinski definition) is 3. The Morgan fingerprint density at radius 2 is 1.89 bits per heavy atom. The summed E-state index contributed by atoms with van der Waals surface area (Å²) in [7, 11) is -3.50. The fourth-order valence-electron chi connectivity index (χ4n) is 2.32. The molecule has 0 atom stereocenters. The van der Waals surface area contributed by atoms with Gasteiger partial charge in [-0.3, -0.25) is 5.10 Å². The zero-order valence-corrected chi connectivity index (χ0v) is 14.3. The molecule has 1 aromatic rings. The number of rotatable bonds is 7. The van der Waals surface area contributed by atoms with Crippen LogP contribution < -0.4 is 0 Å². The summed E-state index contributed by atoms with van der Waals surface area (Å²) in [6.45, 7) is 7.96. The molecule has 0 spiro atoms. The van der Waals surface area contributed by atoms with Crippen molar-refractivity contribution in [3.63, 3.8) is 0 Å². The van der Waals surface area contributed by atoms with E-state index in [2.05, 4.69) is 26.1 Å². The van der Waals surface area contributed by atoms with E-state index < -0.39 is 10.0 Å². The molecule has 0 radical (unpaired) electrons. The van der Waals surface area contributed by atoms with Crippen molar-refractivity contribution in [1.29, 1.82) is 0 Å². The maximum Gasteiger partial charge on any atom is 0.247 e. The number of halogens is 1. The summed E-state index contributed by atoms with van der Waals surface area (Å²) in [6, 6.07) is 0.0243. The zero-order chi connectivity index (χ0) is 14.6. The van der Waals surface area contributed by atoms with Crippen molar-refractivity contribution in [2.45, 2.75) is 51.5 Å². The Balaban J connectivity index is 3.28. The molecule has 0 bridgehead atoms. The first-order chi connectivity index (χ1) is 8.89. The topological polar surface area (TPSA) is 66.1 Å². The number of alkyl halides is 1. The summed E-state index contributed by atoms with van der Waals surface area (Å²) < 4.78 is 27.2. The molecule has 0 aromatic carbocycles. The van der Waals surface area contributed by atoms with Gasteiger partial charge in [0.05, 0.1) is 11.4 Å². The van der Waals surface area contributed by atoms with Gasteiger partial charge in [-0.15, -0.1) is 0 Å². The predicted octanol–water partition coefficient (Wildman–Crippen LogP) is 2.60. The van der Waals surface area contributed by atoms with Crippen molar-refractivity contribution in [2.75, 3.05) is 11.9 Å². The Bertz CT molecular complexity index is 490. The quantitative estimate of drug-likeness (QED) is 0.767. The number of hydrogen-bond donors (Lipinski definition) is 1. The van der Waals surface area contributed by atoms with Crippen LogP contribution in [0.15, 0.2) is 4.90 Å². The molecule has 0 saturated carbocycles. The second-order valence-corrected chi connectivity index (χ2v) is 7.16. The van der Waals surface area contributed by atoms with E-state index in [4.69, 9.17) is 0 Å². The number of nitrogens with one attached hydrogen (secondary N) is 1. The number of aromatic amines is 1. The number of aromatic nitrogens is 2. The highest BCUT2D eigenvalue weighted by Crippen LogP contribution is 2.25. The van der Waals surface area contributed by atoms with Crippen molar-refractivity contribution in [3.8, 4) is 0 Å². The normalized spacial score (nSPS) is 12.6. The zero-order valence-electron chi connectivity index (χ0n) is 11.9. The van der Waals surface area contributed by atoms with E-state index in [0.29, 0.717) is 28.2 Å². The summed E-state index contributed by atoms with van der Waals surface area (Å²) in [5.74, 6) is 0. The third-order valence-corrected chi connectivity index (χ3v) is 5.85. The molecule has 7 heteroatoms. The van der Waals surface area contributed by atoms with Gasteiger partial charge in [0, 0.05) is 17.9 Å². The molecule has 0 aliphatic heterocycles. The largest absolute Gasteiger partial charge is 0.281 e. The van der Waals surface area contributed by atoms with E-state index in [1.165, 1.54) is 0 Å². The van der Waals surface area contributed by atoms with Crippen LogP contribution in [0.3, 0.4) is 0 Å². The van der Waals surface area contributed by atoms with E-state index in [1.807, 2.05) is 13.8 Å². The first-order valence-electron chi connectivity index (χ1n) is 6.49. The van der Waals surface area contributed by atoms with Crippen molar-refractivity contribution >= 4 is 26.0 Å². The average molecular weight is 352 g/mol. The third kappa shape index (κ3) is 3.38. The molecule has 110 valence electrons. The summed E-state index contributed by atoms with van der Waals surface area (Å²) in [5, 5.41) is 7.36. The van der Waals surface area contributed by atoms with Gasteiger partial charge in [-0.1, -0.05) is 29.8 Å². The molecule has 1 heterocycles. The maximum atomic E-state index is 12.8. The first kappa shape index (κ1) is 16.7. The van der Waals surface area contributed by atoms with E-state index in [0.717, 1.165) is 12.8 Å². The lowest BCUT2D eigenvalue weighted by Gasteiger charge is -2.29. The van der Waals surface area contributed by atoms with Crippen LogP contribution in [0.25, 0.3) is 0 Å². The van der Waals surface area contributed by atoms with Gasteiger partial charge >= 0.3 is 0 Å². The molecule has 19 heavy (non-hydrogen) atoms. The maximum absolute atomic E-state index is 12.8. The van der Waals surface area contributed by atoms with Crippen LogP contribution >= 0.6 is 15.9 Å². The first-order valence-corrected chi connectivity index (χ1v) is 9.05. The van der Waals surface area contributed by atoms with Gasteiger partial charge in [-0.2, -0.15) is 9.40 Å². The van der Waals surface area contributed by atoms with Gasteiger partial charge in [-0.05, 0) is 26.7 Å². The van der Waals surface area contributed by atoms with Crippen LogP contribution in [0.2, 0.25) is 0 Å². The van der Waals surface area contributed by atoms with Gasteiger partial charge in [0.25, 0.3) is 0 Å². The smallest absolute Gasteiger partial charge is 0.247 e. The SMILES string of the molecule is CCC(CC)N(CCBr)S(=O)(=O)c1c(C)n[nH]c1C. The van der Waals surface area contributed by atoms with Gasteiger partial charge in [-0.25, -0.2) is 8.42 Å². The van der Waals surface area contributed by atoms with E-state index >= 15 is 0 Å². The number of sulfonamides is 1. The summed E-state index contributed by atoms with van der Waals surface area (Å²) in [5.41, 5.74) is 1.13. The minimum atomic E-state index is -3.50. The summed E-state index contributed by atoms with van der Waals surface area (Å²) in [4.78, 5) is 0.320. The minimum absolute atomic E-state index is 0.0243. The van der Waals surface area contributed by atoms with E-state index in [-0.39, 0.29) is 6.04 Å². The lowest BCUT2D eigenvalue weighted by Crippen LogP contribution is -2.41. The summed E-state index contributed by atoms with van der Waals surface area (Å²) >= 11 is 3.34. The van der Waals surface area contributed by atoms with Gasteiger partial charge < -0.3 is 0 Å². The van der Waals surface area contributed by atoms with Crippen molar-refractivity contribution < 1.29 is 8.42 Å². The average Bonchev–Trinajstić information content (AvgIpc) is 2.69. The minimum Gasteiger partial charge on any atom is -0.281 e. The van der Waals surface area contributed by atoms with Crippen LogP contribution in [0.1, 0.15) is 38.1 Å². The fourth-order valence-corrected chi connectivity index (χ4v) is 5.04. The second kappa shape index (κ2) is 6.85. The molecule has 0 aliphatic rings. The lowest BCUT2D eigenvalue weighted by atomic mass is 10.2. The number of nitrogens with zero attached hydrogens (tertiary/aromatic N) is 2. The van der Waals surface area contributed by atoms with E-state index in [9.17, 15) is 8.42 Å². The molecular formula is C12H22BrN3O2S. The monoisotopic (exact) mass is 351 g/mol. The number of aryl methyl sites for hydroxylation is 2. The highest BCUT2D eigenvalue weighted by atomic mass is 79.9. The van der Waals surface area contributed by atoms with Crippen molar-refractivity contribution in [1.82, 2.24) is 14.5 Å². The third-order valence-electron chi connectivity index (χ3n) is 3.28. The standard InChI is InChI=1S/C12H22BrN3O2S/c1-5-11(6-2)16(8-7-13)19(17,18)12-9(3)14-15-10(12)4/h11H,5-8H2,1-4H3,(H,14,15). The van der Waals surface area contributed by atoms with Crippen LogP contribution in [0.4, 0.5) is 0 Å².